The van der Waals surface area contributed by atoms with Crippen LogP contribution in [-0.4, -0.2) is 30.6 Å². The van der Waals surface area contributed by atoms with Gasteiger partial charge >= 0.3 is 6.03 Å². The number of carbonyl (C=O) groups is 1. The number of urea groups is 1. The van der Waals surface area contributed by atoms with Crippen molar-refractivity contribution in [2.75, 3.05) is 25.0 Å². The average Bonchev–Trinajstić information content (AvgIpc) is 3.16. The molecule has 7 heteroatoms. The van der Waals surface area contributed by atoms with Crippen LogP contribution in [0.1, 0.15) is 36.6 Å². The Morgan fingerprint density at radius 1 is 1.38 bits per heavy atom. The predicted octanol–water partition coefficient (Wildman–Crippen LogP) is 4.27. The molecule has 0 bridgehead atoms. The first-order valence-corrected chi connectivity index (χ1v) is 9.45. The van der Waals surface area contributed by atoms with Crippen LogP contribution < -0.4 is 10.6 Å². The number of amides is 2. The van der Waals surface area contributed by atoms with Crippen molar-refractivity contribution in [3.05, 3.63) is 51.5 Å². The summed E-state index contributed by atoms with van der Waals surface area (Å²) in [5, 5.41) is 18.6. The van der Waals surface area contributed by atoms with Gasteiger partial charge in [-0.15, -0.1) is 0 Å². The summed E-state index contributed by atoms with van der Waals surface area (Å²) in [4.78, 5) is 14.6. The summed E-state index contributed by atoms with van der Waals surface area (Å²) in [6, 6.07) is 6.23. The van der Waals surface area contributed by atoms with E-state index in [2.05, 4.69) is 40.8 Å². The van der Waals surface area contributed by atoms with Crippen LogP contribution >= 0.6 is 11.3 Å². The third-order valence-corrected chi connectivity index (χ3v) is 5.06. The van der Waals surface area contributed by atoms with Gasteiger partial charge in [0.05, 0.1) is 17.7 Å². The zero-order valence-electron chi connectivity index (χ0n) is 15.2. The van der Waals surface area contributed by atoms with E-state index in [9.17, 15) is 9.18 Å². The maximum absolute atomic E-state index is 13.8. The number of carbonyl (C=O) groups excluding carboxylic acids is 1. The summed E-state index contributed by atoms with van der Waals surface area (Å²) in [6.07, 6.45) is 0. The third-order valence-electron chi connectivity index (χ3n) is 4.36. The molecule has 2 N–H and O–H groups in total. The van der Waals surface area contributed by atoms with Crippen molar-refractivity contribution in [2.45, 2.75) is 26.8 Å². The lowest BCUT2D eigenvalue weighted by molar-refractivity contribution is 0.210. The molecule has 0 fully saturated rings. The number of nitrogens with zero attached hydrogens (tertiary/aromatic N) is 2. The highest BCUT2D eigenvalue weighted by atomic mass is 32.1. The normalized spacial score (nSPS) is 11.8. The molecule has 1 atom stereocenters. The van der Waals surface area contributed by atoms with Crippen LogP contribution in [0.25, 0.3) is 0 Å². The minimum absolute atomic E-state index is 0.0743. The van der Waals surface area contributed by atoms with Gasteiger partial charge in [-0.2, -0.15) is 16.6 Å². The molecular formula is C19H23FN4OS. The first-order chi connectivity index (χ1) is 12.5. The minimum atomic E-state index is -0.515. The second-order valence-electron chi connectivity index (χ2n) is 5.87. The molecule has 2 rings (SSSR count). The van der Waals surface area contributed by atoms with Crippen molar-refractivity contribution in [3.63, 3.8) is 0 Å². The second kappa shape index (κ2) is 9.32. The highest BCUT2D eigenvalue weighted by molar-refractivity contribution is 7.07. The highest BCUT2D eigenvalue weighted by Crippen LogP contribution is 2.23. The van der Waals surface area contributed by atoms with Gasteiger partial charge < -0.3 is 10.6 Å². The molecule has 0 saturated heterocycles. The molecule has 0 aliphatic rings. The minimum Gasteiger partial charge on any atom is -0.336 e. The molecule has 26 heavy (non-hydrogen) atoms. The number of hydrogen-bond acceptors (Lipinski definition) is 4. The number of rotatable bonds is 7. The zero-order chi connectivity index (χ0) is 19.1. The first-order valence-electron chi connectivity index (χ1n) is 8.51. The van der Waals surface area contributed by atoms with E-state index in [1.54, 1.807) is 18.3 Å². The summed E-state index contributed by atoms with van der Waals surface area (Å²) in [5.74, 6) is -0.515. The Hall–Kier alpha value is -2.43. The molecule has 0 spiro atoms. The Labute approximate surface area is 157 Å². The smallest absolute Gasteiger partial charge is 0.319 e. The Bertz CT molecular complexity index is 782. The van der Waals surface area contributed by atoms with Crippen LogP contribution in [0.4, 0.5) is 14.9 Å². The number of benzene rings is 1. The van der Waals surface area contributed by atoms with Crippen LogP contribution in [-0.2, 0) is 0 Å². The van der Waals surface area contributed by atoms with Gasteiger partial charge in [-0.1, -0.05) is 13.8 Å². The maximum atomic E-state index is 13.8. The second-order valence-corrected chi connectivity index (χ2v) is 6.65. The zero-order valence-corrected chi connectivity index (χ0v) is 16.0. The lowest BCUT2D eigenvalue weighted by atomic mass is 10.1. The molecule has 2 aromatic rings. The van der Waals surface area contributed by atoms with Crippen molar-refractivity contribution in [1.29, 1.82) is 5.26 Å². The molecule has 0 unspecified atom stereocenters. The van der Waals surface area contributed by atoms with E-state index in [4.69, 9.17) is 5.26 Å². The fourth-order valence-corrected chi connectivity index (χ4v) is 3.52. The van der Waals surface area contributed by atoms with Crippen LogP contribution in [0, 0.1) is 24.1 Å². The quantitative estimate of drug-likeness (QED) is 0.760. The maximum Gasteiger partial charge on any atom is 0.319 e. The van der Waals surface area contributed by atoms with Crippen LogP contribution in [0.5, 0.6) is 0 Å². The Morgan fingerprint density at radius 2 is 2.12 bits per heavy atom. The number of nitriles is 1. The van der Waals surface area contributed by atoms with Crippen molar-refractivity contribution >= 4 is 23.1 Å². The van der Waals surface area contributed by atoms with Gasteiger partial charge in [0.1, 0.15) is 5.82 Å². The van der Waals surface area contributed by atoms with E-state index in [0.29, 0.717) is 17.8 Å². The van der Waals surface area contributed by atoms with Crippen molar-refractivity contribution in [1.82, 2.24) is 10.2 Å². The lowest BCUT2D eigenvalue weighted by Gasteiger charge is -2.29. The molecule has 2 amide bonds. The summed E-state index contributed by atoms with van der Waals surface area (Å²) in [5.41, 5.74) is 1.93. The summed E-state index contributed by atoms with van der Waals surface area (Å²) >= 11 is 1.62. The molecule has 0 saturated carbocycles. The Morgan fingerprint density at radius 3 is 2.69 bits per heavy atom. The number of nitrogens with one attached hydrogen (secondary N) is 2. The average molecular weight is 374 g/mol. The van der Waals surface area contributed by atoms with Gasteiger partial charge in [0.15, 0.2) is 0 Å². The van der Waals surface area contributed by atoms with E-state index >= 15 is 0 Å². The molecule has 138 valence electrons. The van der Waals surface area contributed by atoms with Gasteiger partial charge in [0, 0.05) is 17.8 Å². The largest absolute Gasteiger partial charge is 0.336 e. The van der Waals surface area contributed by atoms with Crippen LogP contribution in [0.3, 0.4) is 0 Å². The summed E-state index contributed by atoms with van der Waals surface area (Å²) in [7, 11) is 0. The number of hydrogen-bond donors (Lipinski definition) is 2. The van der Waals surface area contributed by atoms with E-state index in [-0.39, 0.29) is 11.6 Å². The molecule has 0 aliphatic carbocycles. The first kappa shape index (κ1) is 19.9. The molecule has 5 nitrogen and oxygen atoms in total. The molecule has 1 heterocycles. The Kier molecular flexibility index (Phi) is 7.13. The molecule has 0 aliphatic heterocycles. The number of likely N-dealkylation sites (N-methyl/N-ethyl adjacent to an activating group) is 1. The number of anilines is 1. The van der Waals surface area contributed by atoms with E-state index < -0.39 is 11.8 Å². The molecular weight excluding hydrogens is 351 g/mol. The van der Waals surface area contributed by atoms with Gasteiger partial charge in [-0.3, -0.25) is 4.90 Å². The van der Waals surface area contributed by atoms with Crippen molar-refractivity contribution < 1.29 is 9.18 Å². The molecule has 1 aromatic heterocycles. The summed E-state index contributed by atoms with van der Waals surface area (Å²) < 4.78 is 13.8. The SMILES string of the molecule is CCN(CC)[C@@H](CNC(=O)Nc1cc(C#N)cc(F)c1C)c1ccsc1. The lowest BCUT2D eigenvalue weighted by Crippen LogP contribution is -2.39. The summed E-state index contributed by atoms with van der Waals surface area (Å²) in [6.45, 7) is 7.91. The van der Waals surface area contributed by atoms with Crippen LogP contribution in [0.15, 0.2) is 29.0 Å². The van der Waals surface area contributed by atoms with E-state index in [1.807, 2.05) is 11.4 Å². The van der Waals surface area contributed by atoms with E-state index in [0.717, 1.165) is 24.7 Å². The third kappa shape index (κ3) is 4.81. The topological polar surface area (TPSA) is 68.2 Å². The van der Waals surface area contributed by atoms with Gasteiger partial charge in [0.2, 0.25) is 0 Å². The number of halogens is 1. The number of thiophene rings is 1. The van der Waals surface area contributed by atoms with Gasteiger partial charge in [0.25, 0.3) is 0 Å². The highest BCUT2D eigenvalue weighted by Gasteiger charge is 2.19. The molecule has 1 aromatic carbocycles. The van der Waals surface area contributed by atoms with Gasteiger partial charge in [-0.05, 0) is 54.5 Å². The van der Waals surface area contributed by atoms with Crippen LogP contribution in [0.2, 0.25) is 0 Å². The standard InChI is InChI=1S/C19H23FN4OS/c1-4-24(5-2)18(15-6-7-26-12-15)11-22-19(25)23-17-9-14(10-21)8-16(20)13(17)3/h6-9,12,18H,4-5,11H2,1-3H3,(H2,22,23,25)/t18-/m0/s1. The fourth-order valence-electron chi connectivity index (χ4n) is 2.82. The fraction of sp³-hybridized carbons (Fsp3) is 0.368. The van der Waals surface area contributed by atoms with Gasteiger partial charge in [-0.25, -0.2) is 9.18 Å². The Balaban J connectivity index is 2.07. The molecule has 0 radical (unpaired) electrons. The monoisotopic (exact) mass is 374 g/mol. The predicted molar refractivity (Wildman–Crippen MR) is 103 cm³/mol. The van der Waals surface area contributed by atoms with Crippen molar-refractivity contribution in [3.8, 4) is 6.07 Å². The van der Waals surface area contributed by atoms with Crippen molar-refractivity contribution in [2.24, 2.45) is 0 Å². The van der Waals surface area contributed by atoms with E-state index in [1.165, 1.54) is 6.07 Å².